The predicted molar refractivity (Wildman–Crippen MR) is 240 cm³/mol. The highest BCUT2D eigenvalue weighted by atomic mass is 15.1. The fourth-order valence-electron chi connectivity index (χ4n) is 8.16. The average molecular weight is 715 g/mol. The van der Waals surface area contributed by atoms with Gasteiger partial charge in [-0.15, -0.1) is 0 Å². The fraction of sp³-hybridized carbons (Fsp3) is 0. The summed E-state index contributed by atoms with van der Waals surface area (Å²) in [5.41, 5.74) is 12.7. The van der Waals surface area contributed by atoms with E-state index in [0.29, 0.717) is 0 Å². The summed E-state index contributed by atoms with van der Waals surface area (Å²) in [6, 6.07) is 80.7. The van der Waals surface area contributed by atoms with Crippen LogP contribution >= 0.6 is 0 Å². The molecule has 56 heavy (non-hydrogen) atoms. The largest absolute Gasteiger partial charge is 0.355 e. The Morgan fingerprint density at radius 2 is 0.732 bits per heavy atom. The number of hydrogen-bond donors (Lipinski definition) is 1. The molecule has 0 unspecified atom stereocenters. The number of nitrogens with one attached hydrogen (secondary N) is 1. The summed E-state index contributed by atoms with van der Waals surface area (Å²) in [7, 11) is 0. The number of rotatable bonds is 8. The molecule has 264 valence electrons. The van der Waals surface area contributed by atoms with Crippen molar-refractivity contribution in [1.82, 2.24) is 0 Å². The van der Waals surface area contributed by atoms with Gasteiger partial charge in [-0.05, 0) is 103 Å². The van der Waals surface area contributed by atoms with E-state index in [1.165, 1.54) is 60.1 Å². The third kappa shape index (κ3) is 6.24. The maximum Gasteiger partial charge on any atom is 0.0540 e. The van der Waals surface area contributed by atoms with Crippen molar-refractivity contribution >= 4 is 60.8 Å². The third-order valence-corrected chi connectivity index (χ3v) is 10.8. The summed E-state index contributed by atoms with van der Waals surface area (Å²) in [5.74, 6) is 0. The Morgan fingerprint density at radius 3 is 1.45 bits per heavy atom. The minimum absolute atomic E-state index is 1.04. The van der Waals surface area contributed by atoms with Crippen LogP contribution in [0.25, 0.3) is 65.7 Å². The Balaban J connectivity index is 1.05. The first-order valence-electron chi connectivity index (χ1n) is 19.2. The van der Waals surface area contributed by atoms with Crippen LogP contribution in [0.5, 0.6) is 0 Å². The molecule has 2 heteroatoms. The molecule has 0 aliphatic carbocycles. The summed E-state index contributed by atoms with van der Waals surface area (Å²) in [5, 5.41) is 11.0. The first-order valence-corrected chi connectivity index (χ1v) is 19.2. The van der Waals surface area contributed by atoms with Crippen LogP contribution in [0.1, 0.15) is 0 Å². The van der Waals surface area contributed by atoms with Crippen LogP contribution in [-0.2, 0) is 0 Å². The van der Waals surface area contributed by atoms with Gasteiger partial charge in [-0.1, -0.05) is 176 Å². The Hall–Kier alpha value is -7.42. The molecule has 0 aliphatic heterocycles. The van der Waals surface area contributed by atoms with Crippen LogP contribution in [0, 0.1) is 0 Å². The zero-order valence-corrected chi connectivity index (χ0v) is 30.8. The lowest BCUT2D eigenvalue weighted by molar-refractivity contribution is 1.31. The number of anilines is 5. The summed E-state index contributed by atoms with van der Waals surface area (Å²) in [6.45, 7) is 0. The zero-order valence-electron chi connectivity index (χ0n) is 30.8. The normalized spacial score (nSPS) is 11.2. The van der Waals surface area contributed by atoms with Gasteiger partial charge in [0.15, 0.2) is 0 Å². The quantitative estimate of drug-likeness (QED) is 0.169. The average Bonchev–Trinajstić information content (AvgIpc) is 3.27. The second-order valence-corrected chi connectivity index (χ2v) is 14.2. The van der Waals surface area contributed by atoms with Crippen LogP contribution in [0.15, 0.2) is 224 Å². The van der Waals surface area contributed by atoms with Crippen molar-refractivity contribution in [2.75, 3.05) is 10.2 Å². The van der Waals surface area contributed by atoms with E-state index in [9.17, 15) is 0 Å². The molecular formula is C54H38N2. The molecule has 0 fully saturated rings. The molecule has 1 N–H and O–H groups in total. The molecule has 0 saturated carbocycles. The maximum atomic E-state index is 3.72. The van der Waals surface area contributed by atoms with Crippen molar-refractivity contribution in [2.24, 2.45) is 0 Å². The van der Waals surface area contributed by atoms with Gasteiger partial charge in [-0.25, -0.2) is 0 Å². The summed E-state index contributed by atoms with van der Waals surface area (Å²) in [6.07, 6.45) is 0. The molecule has 2 nitrogen and oxygen atoms in total. The van der Waals surface area contributed by atoms with E-state index in [1.807, 2.05) is 0 Å². The highest BCUT2D eigenvalue weighted by Crippen LogP contribution is 2.44. The van der Waals surface area contributed by atoms with Crippen LogP contribution in [0.4, 0.5) is 28.4 Å². The summed E-state index contributed by atoms with van der Waals surface area (Å²) < 4.78 is 0. The van der Waals surface area contributed by atoms with Crippen molar-refractivity contribution < 1.29 is 0 Å². The molecule has 10 aromatic rings. The van der Waals surface area contributed by atoms with Crippen molar-refractivity contribution in [3.8, 4) is 33.4 Å². The Kier molecular flexibility index (Phi) is 8.55. The van der Waals surface area contributed by atoms with Gasteiger partial charge in [0, 0.05) is 27.8 Å². The molecule has 0 radical (unpaired) electrons. The zero-order chi connectivity index (χ0) is 37.3. The Labute approximate surface area is 327 Å². The molecule has 10 rings (SSSR count). The van der Waals surface area contributed by atoms with Crippen molar-refractivity contribution in [2.45, 2.75) is 0 Å². The van der Waals surface area contributed by atoms with Crippen LogP contribution in [0.3, 0.4) is 0 Å². The van der Waals surface area contributed by atoms with E-state index in [0.717, 1.165) is 34.0 Å². The van der Waals surface area contributed by atoms with E-state index >= 15 is 0 Å². The first kappa shape index (κ1) is 33.2. The predicted octanol–water partition coefficient (Wildman–Crippen LogP) is 15.4. The molecule has 0 saturated heterocycles. The lowest BCUT2D eigenvalue weighted by Crippen LogP contribution is -2.11. The van der Waals surface area contributed by atoms with Crippen LogP contribution in [0.2, 0.25) is 0 Å². The van der Waals surface area contributed by atoms with Gasteiger partial charge in [0.05, 0.1) is 11.4 Å². The van der Waals surface area contributed by atoms with Gasteiger partial charge in [-0.3, -0.25) is 0 Å². The van der Waals surface area contributed by atoms with Crippen molar-refractivity contribution in [3.05, 3.63) is 224 Å². The lowest BCUT2D eigenvalue weighted by Gasteiger charge is -2.28. The fourth-order valence-corrected chi connectivity index (χ4v) is 8.16. The van der Waals surface area contributed by atoms with Crippen molar-refractivity contribution in [1.29, 1.82) is 0 Å². The molecule has 10 aromatic carbocycles. The molecule has 0 aliphatic rings. The molecule has 0 heterocycles. The minimum Gasteiger partial charge on any atom is -0.355 e. The minimum atomic E-state index is 1.04. The van der Waals surface area contributed by atoms with E-state index < -0.39 is 0 Å². The van der Waals surface area contributed by atoms with Gasteiger partial charge in [0.2, 0.25) is 0 Å². The number of benzene rings is 10. The van der Waals surface area contributed by atoms with Gasteiger partial charge in [-0.2, -0.15) is 0 Å². The molecule has 0 bridgehead atoms. The maximum absolute atomic E-state index is 3.72. The molecule has 0 atom stereocenters. The van der Waals surface area contributed by atoms with E-state index in [2.05, 4.69) is 235 Å². The number of nitrogens with zero attached hydrogens (tertiary/aromatic N) is 1. The highest BCUT2D eigenvalue weighted by molar-refractivity contribution is 6.08. The smallest absolute Gasteiger partial charge is 0.0540 e. The third-order valence-electron chi connectivity index (χ3n) is 10.8. The van der Waals surface area contributed by atoms with E-state index in [1.54, 1.807) is 0 Å². The second-order valence-electron chi connectivity index (χ2n) is 14.2. The Bertz CT molecular complexity index is 2990. The topological polar surface area (TPSA) is 15.3 Å². The Morgan fingerprint density at radius 1 is 0.286 bits per heavy atom. The van der Waals surface area contributed by atoms with Crippen LogP contribution in [-0.4, -0.2) is 0 Å². The van der Waals surface area contributed by atoms with Gasteiger partial charge >= 0.3 is 0 Å². The summed E-state index contributed by atoms with van der Waals surface area (Å²) in [4.78, 5) is 2.42. The molecule has 0 amide bonds. The van der Waals surface area contributed by atoms with E-state index in [4.69, 9.17) is 0 Å². The van der Waals surface area contributed by atoms with Crippen LogP contribution < -0.4 is 10.2 Å². The SMILES string of the molecule is c1ccc(-c2ccc(N(c3cccc4ccccc34)c3cccc4c(-c5cccc(Nc6cccc(-c7cccc8ccccc78)c6)c5)cccc34)cc2)cc1. The number of hydrogen-bond acceptors (Lipinski definition) is 2. The van der Waals surface area contributed by atoms with Crippen molar-refractivity contribution in [3.63, 3.8) is 0 Å². The molecule has 0 spiro atoms. The monoisotopic (exact) mass is 714 g/mol. The first-order chi connectivity index (χ1) is 27.8. The highest BCUT2D eigenvalue weighted by Gasteiger charge is 2.19. The van der Waals surface area contributed by atoms with Gasteiger partial charge in [0.25, 0.3) is 0 Å². The second kappa shape index (κ2) is 14.4. The molecule has 0 aromatic heterocycles. The molecular weight excluding hydrogens is 677 g/mol. The lowest BCUT2D eigenvalue weighted by atomic mass is 9.96. The van der Waals surface area contributed by atoms with Gasteiger partial charge in [0.1, 0.15) is 0 Å². The summed E-state index contributed by atoms with van der Waals surface area (Å²) >= 11 is 0. The van der Waals surface area contributed by atoms with Gasteiger partial charge < -0.3 is 10.2 Å². The van der Waals surface area contributed by atoms with E-state index in [-0.39, 0.29) is 0 Å². The standard InChI is InChI=1S/C54H38N2/c1-2-14-38(15-3-1)39-32-34-46(35-33-39)56(53-30-11-19-41-17-5-7-25-50(41)53)54-31-13-28-51-49(27-12-29-52(51)54)43-21-9-23-45(37-43)55-44-22-8-20-42(36-44)48-26-10-18-40-16-4-6-24-47(40)48/h1-37,55H. The number of fused-ring (bicyclic) bond motifs is 3.